The van der Waals surface area contributed by atoms with Crippen LogP contribution in [0.1, 0.15) is 18.1 Å². The molecule has 6 heteroatoms. The molecule has 0 spiro atoms. The third-order valence-electron chi connectivity index (χ3n) is 3.56. The summed E-state index contributed by atoms with van der Waals surface area (Å²) in [5.74, 6) is 0.786. The van der Waals surface area contributed by atoms with E-state index in [0.717, 1.165) is 12.0 Å². The Morgan fingerprint density at radius 1 is 0.957 bits per heavy atom. The lowest BCUT2D eigenvalue weighted by molar-refractivity contribution is 0.386. The van der Waals surface area contributed by atoms with E-state index in [-0.39, 0.29) is 17.2 Å². The minimum absolute atomic E-state index is 0.0889. The summed E-state index contributed by atoms with van der Waals surface area (Å²) in [5.41, 5.74) is 2.12. The molecule has 0 fully saturated rings. The van der Waals surface area contributed by atoms with Crippen molar-refractivity contribution in [1.29, 1.82) is 0 Å². The Bertz CT molecular complexity index is 755. The van der Waals surface area contributed by atoms with Gasteiger partial charge in [0.2, 0.25) is 10.0 Å². The minimum Gasteiger partial charge on any atom is -0.497 e. The van der Waals surface area contributed by atoms with Crippen molar-refractivity contribution in [2.24, 2.45) is 0 Å². The molecule has 0 radical (unpaired) electrons. The van der Waals surface area contributed by atoms with E-state index in [1.54, 1.807) is 12.1 Å². The van der Waals surface area contributed by atoms with Crippen LogP contribution in [0.4, 0.5) is 0 Å². The molecule has 0 amide bonds. The Morgan fingerprint density at radius 2 is 1.61 bits per heavy atom. The monoisotopic (exact) mass is 335 g/mol. The number of nitrogens with one attached hydrogen (secondary N) is 1. The van der Waals surface area contributed by atoms with E-state index in [4.69, 9.17) is 9.47 Å². The molecule has 5 nitrogen and oxygen atoms in total. The van der Waals surface area contributed by atoms with Gasteiger partial charge in [-0.1, -0.05) is 31.2 Å². The number of methoxy groups -OCH3 is 2. The number of rotatable bonds is 7. The molecular weight excluding hydrogens is 314 g/mol. The number of aryl methyl sites for hydroxylation is 1. The molecule has 0 bridgehead atoms. The Hall–Kier alpha value is -2.05. The van der Waals surface area contributed by atoms with Gasteiger partial charge in [0.05, 0.1) is 14.2 Å². The lowest BCUT2D eigenvalue weighted by Crippen LogP contribution is -2.23. The Labute approximate surface area is 137 Å². The highest BCUT2D eigenvalue weighted by atomic mass is 32.2. The maximum Gasteiger partial charge on any atom is 0.244 e. The molecular formula is C17H21NO4S. The first kappa shape index (κ1) is 17.3. The predicted octanol–water partition coefficient (Wildman–Crippen LogP) is 2.74. The van der Waals surface area contributed by atoms with Crippen LogP contribution in [0.15, 0.2) is 47.4 Å². The van der Waals surface area contributed by atoms with Crippen molar-refractivity contribution in [2.75, 3.05) is 14.2 Å². The van der Waals surface area contributed by atoms with E-state index in [2.05, 4.69) is 11.6 Å². The molecule has 0 aliphatic heterocycles. The molecule has 0 saturated heterocycles. The molecule has 0 aliphatic carbocycles. The second-order valence-corrected chi connectivity index (χ2v) is 6.75. The van der Waals surface area contributed by atoms with E-state index in [9.17, 15) is 8.42 Å². The van der Waals surface area contributed by atoms with Crippen LogP contribution in [0, 0.1) is 0 Å². The third kappa shape index (κ3) is 4.24. The smallest absolute Gasteiger partial charge is 0.244 e. The van der Waals surface area contributed by atoms with Crippen molar-refractivity contribution in [3.8, 4) is 11.5 Å². The van der Waals surface area contributed by atoms with Crippen LogP contribution in [0.2, 0.25) is 0 Å². The number of benzene rings is 2. The maximum atomic E-state index is 12.5. The molecule has 124 valence electrons. The zero-order valence-electron chi connectivity index (χ0n) is 13.5. The predicted molar refractivity (Wildman–Crippen MR) is 89.4 cm³/mol. The van der Waals surface area contributed by atoms with Crippen molar-refractivity contribution in [1.82, 2.24) is 4.72 Å². The summed E-state index contributed by atoms with van der Waals surface area (Å²) in [6, 6.07) is 12.5. The topological polar surface area (TPSA) is 64.6 Å². The summed E-state index contributed by atoms with van der Waals surface area (Å²) in [4.78, 5) is 0.0889. The van der Waals surface area contributed by atoms with Gasteiger partial charge in [0.1, 0.15) is 16.4 Å². The first-order chi connectivity index (χ1) is 11.0. The first-order valence-electron chi connectivity index (χ1n) is 7.29. The van der Waals surface area contributed by atoms with Gasteiger partial charge in [-0.05, 0) is 29.7 Å². The first-order valence-corrected chi connectivity index (χ1v) is 8.78. The molecule has 2 aromatic rings. The van der Waals surface area contributed by atoms with Gasteiger partial charge < -0.3 is 9.47 Å². The Kier molecular flexibility index (Phi) is 5.63. The second kappa shape index (κ2) is 7.48. The Morgan fingerprint density at radius 3 is 2.17 bits per heavy atom. The molecule has 0 unspecified atom stereocenters. The minimum atomic E-state index is -3.67. The summed E-state index contributed by atoms with van der Waals surface area (Å²) in [6.45, 7) is 2.30. The highest BCUT2D eigenvalue weighted by Gasteiger charge is 2.19. The standard InChI is InChI=1S/C17H21NO4S/c1-4-13-5-7-14(8-6-13)12-18-23(19,20)17-10-9-15(21-2)11-16(17)22-3/h5-11,18H,4,12H2,1-3H3. The second-order valence-electron chi connectivity index (χ2n) is 5.01. The van der Waals surface area contributed by atoms with Crippen LogP contribution in [-0.4, -0.2) is 22.6 Å². The Balaban J connectivity index is 2.18. The average molecular weight is 335 g/mol. The summed E-state index contributed by atoms with van der Waals surface area (Å²) in [6.07, 6.45) is 0.953. The summed E-state index contributed by atoms with van der Waals surface area (Å²) in [7, 11) is -0.730. The number of sulfonamides is 1. The third-order valence-corrected chi connectivity index (χ3v) is 5.00. The van der Waals surface area contributed by atoms with Crippen LogP contribution >= 0.6 is 0 Å². The normalized spacial score (nSPS) is 11.3. The molecule has 1 N–H and O–H groups in total. The van der Waals surface area contributed by atoms with Gasteiger partial charge in [-0.3, -0.25) is 0 Å². The van der Waals surface area contributed by atoms with Gasteiger partial charge in [0.25, 0.3) is 0 Å². The quantitative estimate of drug-likeness (QED) is 0.845. The number of hydrogen-bond donors (Lipinski definition) is 1. The summed E-state index contributed by atoms with van der Waals surface area (Å²) in [5, 5.41) is 0. The van der Waals surface area contributed by atoms with Crippen LogP contribution in [0.3, 0.4) is 0 Å². The molecule has 2 aromatic carbocycles. The van der Waals surface area contributed by atoms with Gasteiger partial charge in [0.15, 0.2) is 0 Å². The molecule has 0 saturated carbocycles. The van der Waals surface area contributed by atoms with Gasteiger partial charge in [-0.2, -0.15) is 0 Å². The van der Waals surface area contributed by atoms with Gasteiger partial charge in [-0.15, -0.1) is 0 Å². The van der Waals surface area contributed by atoms with Crippen LogP contribution in [-0.2, 0) is 23.0 Å². The highest BCUT2D eigenvalue weighted by Crippen LogP contribution is 2.28. The van der Waals surface area contributed by atoms with Crippen molar-refractivity contribution in [2.45, 2.75) is 24.8 Å². The van der Waals surface area contributed by atoms with E-state index >= 15 is 0 Å². The van der Waals surface area contributed by atoms with Gasteiger partial charge >= 0.3 is 0 Å². The largest absolute Gasteiger partial charge is 0.497 e. The van der Waals surface area contributed by atoms with Crippen molar-refractivity contribution in [3.63, 3.8) is 0 Å². The van der Waals surface area contributed by atoms with Crippen LogP contribution in [0.5, 0.6) is 11.5 Å². The fourth-order valence-electron chi connectivity index (χ4n) is 2.15. The molecule has 0 heterocycles. The summed E-state index contributed by atoms with van der Waals surface area (Å²) < 4.78 is 37.8. The zero-order valence-corrected chi connectivity index (χ0v) is 14.3. The zero-order chi connectivity index (χ0) is 16.9. The number of ether oxygens (including phenoxy) is 2. The number of hydrogen-bond acceptors (Lipinski definition) is 4. The fourth-order valence-corrected chi connectivity index (χ4v) is 3.31. The molecule has 0 atom stereocenters. The van der Waals surface area contributed by atoms with E-state index in [1.165, 1.54) is 25.8 Å². The van der Waals surface area contributed by atoms with E-state index in [1.807, 2.05) is 24.3 Å². The molecule has 0 aliphatic rings. The molecule has 23 heavy (non-hydrogen) atoms. The fraction of sp³-hybridized carbons (Fsp3) is 0.294. The average Bonchev–Trinajstić information content (AvgIpc) is 2.59. The van der Waals surface area contributed by atoms with Gasteiger partial charge in [-0.25, -0.2) is 13.1 Å². The van der Waals surface area contributed by atoms with E-state index in [0.29, 0.717) is 5.75 Å². The van der Waals surface area contributed by atoms with E-state index < -0.39 is 10.0 Å². The lowest BCUT2D eigenvalue weighted by Gasteiger charge is -2.12. The van der Waals surface area contributed by atoms with Crippen LogP contribution in [0.25, 0.3) is 0 Å². The lowest BCUT2D eigenvalue weighted by atomic mass is 10.1. The molecule has 0 aromatic heterocycles. The SMILES string of the molecule is CCc1ccc(CNS(=O)(=O)c2ccc(OC)cc2OC)cc1. The summed E-state index contributed by atoms with van der Waals surface area (Å²) >= 11 is 0. The van der Waals surface area contributed by atoms with Crippen LogP contribution < -0.4 is 14.2 Å². The highest BCUT2D eigenvalue weighted by molar-refractivity contribution is 7.89. The van der Waals surface area contributed by atoms with Crippen molar-refractivity contribution < 1.29 is 17.9 Å². The molecule has 2 rings (SSSR count). The van der Waals surface area contributed by atoms with Gasteiger partial charge in [0, 0.05) is 12.6 Å². The maximum absolute atomic E-state index is 12.5. The van der Waals surface area contributed by atoms with Crippen molar-refractivity contribution >= 4 is 10.0 Å². The van der Waals surface area contributed by atoms with Crippen molar-refractivity contribution in [3.05, 3.63) is 53.6 Å².